The Morgan fingerprint density at radius 2 is 1.81 bits per heavy atom. The Morgan fingerprint density at radius 3 is 2.43 bits per heavy atom. The maximum absolute atomic E-state index is 13.5. The van der Waals surface area contributed by atoms with Crippen molar-refractivity contribution >= 4 is 5.69 Å². The van der Waals surface area contributed by atoms with Crippen molar-refractivity contribution in [2.45, 2.75) is 19.9 Å². The average molecular weight is 289 g/mol. The fraction of sp³-hybridized carbons (Fsp3) is 0.250. The van der Waals surface area contributed by atoms with Gasteiger partial charge in [-0.15, -0.1) is 0 Å². The number of anilines is 1. The fourth-order valence-electron chi connectivity index (χ4n) is 2.49. The Morgan fingerprint density at radius 1 is 1.10 bits per heavy atom. The molecule has 0 aromatic heterocycles. The van der Waals surface area contributed by atoms with Crippen LogP contribution in [0.3, 0.4) is 0 Å². The minimum atomic E-state index is -0.384. The molecule has 0 bridgehead atoms. The standard InChI is InChI=1S/C16H20FN3O/c1-9-7-15(21-3)10(2)6-12(9)16(20-19)13-8-11(17)4-5-14(13)18/h4-8,16,20H,18-19H2,1-3H3. The van der Waals surface area contributed by atoms with E-state index in [4.69, 9.17) is 16.3 Å². The Hall–Kier alpha value is -2.11. The van der Waals surface area contributed by atoms with Gasteiger partial charge in [-0.3, -0.25) is 5.84 Å². The number of nitrogen functional groups attached to an aromatic ring is 1. The molecule has 21 heavy (non-hydrogen) atoms. The number of hydrazine groups is 1. The van der Waals surface area contributed by atoms with Crippen molar-refractivity contribution in [2.75, 3.05) is 12.8 Å². The van der Waals surface area contributed by atoms with Gasteiger partial charge in [0.05, 0.1) is 13.2 Å². The van der Waals surface area contributed by atoms with Gasteiger partial charge in [0.1, 0.15) is 11.6 Å². The number of hydrogen-bond acceptors (Lipinski definition) is 4. The predicted molar refractivity (Wildman–Crippen MR) is 82.4 cm³/mol. The van der Waals surface area contributed by atoms with Crippen LogP contribution in [0.15, 0.2) is 30.3 Å². The van der Waals surface area contributed by atoms with E-state index in [0.29, 0.717) is 11.3 Å². The van der Waals surface area contributed by atoms with Gasteiger partial charge in [0.25, 0.3) is 0 Å². The third-order valence-electron chi connectivity index (χ3n) is 3.62. The first kappa shape index (κ1) is 15.3. The summed E-state index contributed by atoms with van der Waals surface area (Å²) in [6.45, 7) is 3.90. The van der Waals surface area contributed by atoms with Gasteiger partial charge in [-0.25, -0.2) is 9.82 Å². The third kappa shape index (κ3) is 2.99. The molecular formula is C16H20FN3O. The third-order valence-corrected chi connectivity index (χ3v) is 3.62. The number of nitrogens with one attached hydrogen (secondary N) is 1. The Balaban J connectivity index is 2.56. The number of methoxy groups -OCH3 is 1. The van der Waals surface area contributed by atoms with Crippen LogP contribution >= 0.6 is 0 Å². The van der Waals surface area contributed by atoms with Gasteiger partial charge in [-0.2, -0.15) is 0 Å². The van der Waals surface area contributed by atoms with E-state index in [2.05, 4.69) is 5.43 Å². The monoisotopic (exact) mass is 289 g/mol. The molecule has 0 fully saturated rings. The molecule has 0 spiro atoms. The lowest BCUT2D eigenvalue weighted by molar-refractivity contribution is 0.411. The van der Waals surface area contributed by atoms with E-state index in [1.807, 2.05) is 26.0 Å². The first-order chi connectivity index (χ1) is 9.97. The quantitative estimate of drug-likeness (QED) is 0.459. The van der Waals surface area contributed by atoms with Crippen molar-refractivity contribution in [2.24, 2.45) is 5.84 Å². The van der Waals surface area contributed by atoms with E-state index in [-0.39, 0.29) is 11.9 Å². The summed E-state index contributed by atoms with van der Waals surface area (Å²) in [7, 11) is 1.63. The highest BCUT2D eigenvalue weighted by Gasteiger charge is 2.19. The SMILES string of the molecule is COc1cc(C)c(C(NN)c2cc(F)ccc2N)cc1C. The molecule has 0 aliphatic heterocycles. The van der Waals surface area contributed by atoms with Crippen molar-refractivity contribution in [3.8, 4) is 5.75 Å². The highest BCUT2D eigenvalue weighted by Crippen LogP contribution is 2.32. The fourth-order valence-corrected chi connectivity index (χ4v) is 2.49. The molecule has 0 aliphatic carbocycles. The van der Waals surface area contributed by atoms with Crippen LogP contribution in [-0.4, -0.2) is 7.11 Å². The Kier molecular flexibility index (Phi) is 4.45. The van der Waals surface area contributed by atoms with Crippen LogP contribution < -0.4 is 21.7 Å². The molecule has 4 nitrogen and oxygen atoms in total. The van der Waals surface area contributed by atoms with Gasteiger partial charge < -0.3 is 10.5 Å². The van der Waals surface area contributed by atoms with Crippen LogP contribution in [-0.2, 0) is 0 Å². The normalized spacial score (nSPS) is 12.2. The minimum Gasteiger partial charge on any atom is -0.496 e. The van der Waals surface area contributed by atoms with Crippen LogP contribution in [0.25, 0.3) is 0 Å². The Bertz CT molecular complexity index is 658. The van der Waals surface area contributed by atoms with Gasteiger partial charge in [-0.1, -0.05) is 6.07 Å². The number of benzene rings is 2. The van der Waals surface area contributed by atoms with E-state index in [0.717, 1.165) is 22.4 Å². The average Bonchev–Trinajstić information content (AvgIpc) is 2.46. The summed E-state index contributed by atoms with van der Waals surface area (Å²) in [6, 6.07) is 7.80. The number of halogens is 1. The zero-order valence-electron chi connectivity index (χ0n) is 12.4. The number of rotatable bonds is 4. The lowest BCUT2D eigenvalue weighted by atomic mass is 9.92. The van der Waals surface area contributed by atoms with E-state index in [9.17, 15) is 4.39 Å². The smallest absolute Gasteiger partial charge is 0.123 e. The number of nitrogens with two attached hydrogens (primary N) is 2. The van der Waals surface area contributed by atoms with Crippen LogP contribution in [0, 0.1) is 19.7 Å². The van der Waals surface area contributed by atoms with Crippen LogP contribution in [0.5, 0.6) is 5.75 Å². The molecule has 5 heteroatoms. The molecule has 0 aliphatic rings. The topological polar surface area (TPSA) is 73.3 Å². The minimum absolute atomic E-state index is 0.345. The van der Waals surface area contributed by atoms with Gasteiger partial charge in [-0.05, 0) is 54.8 Å². The second kappa shape index (κ2) is 6.11. The highest BCUT2D eigenvalue weighted by atomic mass is 19.1. The van der Waals surface area contributed by atoms with Gasteiger partial charge in [0.15, 0.2) is 0 Å². The molecule has 0 heterocycles. The van der Waals surface area contributed by atoms with E-state index in [1.165, 1.54) is 12.1 Å². The molecule has 0 saturated heterocycles. The molecule has 1 unspecified atom stereocenters. The number of ether oxygens (including phenoxy) is 1. The Labute approximate surface area is 123 Å². The molecule has 112 valence electrons. The summed E-state index contributed by atoms with van der Waals surface area (Å²) >= 11 is 0. The van der Waals surface area contributed by atoms with Crippen LogP contribution in [0.2, 0.25) is 0 Å². The van der Waals surface area contributed by atoms with E-state index in [1.54, 1.807) is 13.2 Å². The summed E-state index contributed by atoms with van der Waals surface area (Å²) in [5.74, 6) is 6.15. The summed E-state index contributed by atoms with van der Waals surface area (Å²) in [5, 5.41) is 0. The maximum atomic E-state index is 13.5. The highest BCUT2D eigenvalue weighted by molar-refractivity contribution is 5.54. The second-order valence-electron chi connectivity index (χ2n) is 5.05. The first-order valence-corrected chi connectivity index (χ1v) is 6.64. The molecule has 0 saturated carbocycles. The summed E-state index contributed by atoms with van der Waals surface area (Å²) in [5.41, 5.74) is 12.7. The zero-order chi connectivity index (χ0) is 15.6. The van der Waals surface area contributed by atoms with E-state index < -0.39 is 0 Å². The summed E-state index contributed by atoms with van der Waals surface area (Å²) in [4.78, 5) is 0. The predicted octanol–water partition coefficient (Wildman–Crippen LogP) is 2.59. The molecule has 0 amide bonds. The first-order valence-electron chi connectivity index (χ1n) is 6.64. The van der Waals surface area contributed by atoms with Crippen LogP contribution in [0.4, 0.5) is 10.1 Å². The van der Waals surface area contributed by atoms with Crippen molar-refractivity contribution in [3.05, 3.63) is 58.4 Å². The van der Waals surface area contributed by atoms with E-state index >= 15 is 0 Å². The molecule has 1 atom stereocenters. The maximum Gasteiger partial charge on any atom is 0.123 e. The van der Waals surface area contributed by atoms with Gasteiger partial charge in [0, 0.05) is 11.3 Å². The molecule has 5 N–H and O–H groups in total. The summed E-state index contributed by atoms with van der Waals surface area (Å²) < 4.78 is 18.8. The van der Waals surface area contributed by atoms with Gasteiger partial charge in [0.2, 0.25) is 0 Å². The largest absolute Gasteiger partial charge is 0.496 e. The number of aryl methyl sites for hydroxylation is 2. The molecular weight excluding hydrogens is 269 g/mol. The van der Waals surface area contributed by atoms with Crippen molar-refractivity contribution in [3.63, 3.8) is 0 Å². The molecule has 2 aromatic carbocycles. The lowest BCUT2D eigenvalue weighted by Gasteiger charge is -2.22. The van der Waals surface area contributed by atoms with Gasteiger partial charge >= 0.3 is 0 Å². The molecule has 2 rings (SSSR count). The number of hydrogen-bond donors (Lipinski definition) is 3. The lowest BCUT2D eigenvalue weighted by Crippen LogP contribution is -2.30. The van der Waals surface area contributed by atoms with Crippen LogP contribution in [0.1, 0.15) is 28.3 Å². The zero-order valence-corrected chi connectivity index (χ0v) is 12.4. The van der Waals surface area contributed by atoms with Crippen molar-refractivity contribution in [1.82, 2.24) is 5.43 Å². The van der Waals surface area contributed by atoms with Crippen molar-refractivity contribution < 1.29 is 9.13 Å². The molecule has 0 radical (unpaired) electrons. The second-order valence-corrected chi connectivity index (χ2v) is 5.05. The van der Waals surface area contributed by atoms with Crippen molar-refractivity contribution in [1.29, 1.82) is 0 Å². The summed E-state index contributed by atoms with van der Waals surface area (Å²) in [6.07, 6.45) is 0. The molecule has 2 aromatic rings.